The molecule has 2 rings (SSSR count). The van der Waals surface area contributed by atoms with E-state index in [1.54, 1.807) is 42.5 Å². The van der Waals surface area contributed by atoms with Gasteiger partial charge < -0.3 is 9.84 Å². The summed E-state index contributed by atoms with van der Waals surface area (Å²) in [6, 6.07) is 19.7. The van der Waals surface area contributed by atoms with E-state index >= 15 is 0 Å². The Bertz CT molecular complexity index is 664. The SMILES string of the molecule is COC(=O)CC(c1ccccc1)C(O)(C#N)c1ccccc1. The molecule has 4 nitrogen and oxygen atoms in total. The highest BCUT2D eigenvalue weighted by atomic mass is 16.5. The molecule has 0 radical (unpaired) electrons. The second-order valence-electron chi connectivity index (χ2n) is 4.99. The van der Waals surface area contributed by atoms with Gasteiger partial charge in [0.2, 0.25) is 0 Å². The van der Waals surface area contributed by atoms with E-state index < -0.39 is 17.5 Å². The van der Waals surface area contributed by atoms with Gasteiger partial charge in [0.1, 0.15) is 6.07 Å². The van der Waals surface area contributed by atoms with Crippen molar-refractivity contribution >= 4 is 5.97 Å². The minimum absolute atomic E-state index is 0.0839. The second-order valence-corrected chi connectivity index (χ2v) is 4.99. The van der Waals surface area contributed by atoms with Gasteiger partial charge in [-0.05, 0) is 11.1 Å². The summed E-state index contributed by atoms with van der Waals surface area (Å²) >= 11 is 0. The van der Waals surface area contributed by atoms with Crippen molar-refractivity contribution in [3.63, 3.8) is 0 Å². The molecule has 0 aliphatic rings. The van der Waals surface area contributed by atoms with Crippen molar-refractivity contribution < 1.29 is 14.6 Å². The Morgan fingerprint density at radius 3 is 2.23 bits per heavy atom. The zero-order valence-electron chi connectivity index (χ0n) is 12.3. The van der Waals surface area contributed by atoms with E-state index in [4.69, 9.17) is 4.74 Å². The van der Waals surface area contributed by atoms with Gasteiger partial charge in [-0.1, -0.05) is 60.7 Å². The Morgan fingerprint density at radius 2 is 1.73 bits per heavy atom. The van der Waals surface area contributed by atoms with Crippen molar-refractivity contribution in [2.75, 3.05) is 7.11 Å². The predicted octanol–water partition coefficient (Wildman–Crippen LogP) is 2.74. The topological polar surface area (TPSA) is 70.3 Å². The average Bonchev–Trinajstić information content (AvgIpc) is 2.60. The Morgan fingerprint density at radius 1 is 1.18 bits per heavy atom. The van der Waals surface area contributed by atoms with E-state index in [1.807, 2.05) is 24.3 Å². The van der Waals surface area contributed by atoms with Gasteiger partial charge in [0.15, 0.2) is 5.60 Å². The van der Waals surface area contributed by atoms with Crippen molar-refractivity contribution in [3.8, 4) is 6.07 Å². The van der Waals surface area contributed by atoms with E-state index in [0.717, 1.165) is 0 Å². The first-order chi connectivity index (χ1) is 10.6. The summed E-state index contributed by atoms with van der Waals surface area (Å²) in [4.78, 5) is 11.7. The number of esters is 1. The largest absolute Gasteiger partial charge is 0.469 e. The Labute approximate surface area is 129 Å². The number of carbonyl (C=O) groups excluding carboxylic acids is 1. The van der Waals surface area contributed by atoms with Crippen LogP contribution in [0.4, 0.5) is 0 Å². The smallest absolute Gasteiger partial charge is 0.306 e. The lowest BCUT2D eigenvalue weighted by molar-refractivity contribution is -0.142. The van der Waals surface area contributed by atoms with Crippen LogP contribution < -0.4 is 0 Å². The summed E-state index contributed by atoms with van der Waals surface area (Å²) in [5.41, 5.74) is -0.646. The summed E-state index contributed by atoms with van der Waals surface area (Å²) in [6.45, 7) is 0. The van der Waals surface area contributed by atoms with Crippen LogP contribution in [-0.4, -0.2) is 18.2 Å². The molecular formula is C18H17NO3. The number of nitrogens with zero attached hydrogens (tertiary/aromatic N) is 1. The fourth-order valence-electron chi connectivity index (χ4n) is 2.48. The van der Waals surface area contributed by atoms with Crippen LogP contribution in [0.5, 0.6) is 0 Å². The van der Waals surface area contributed by atoms with Crippen molar-refractivity contribution in [1.29, 1.82) is 5.26 Å². The maximum atomic E-state index is 11.7. The van der Waals surface area contributed by atoms with Gasteiger partial charge in [0.25, 0.3) is 0 Å². The van der Waals surface area contributed by atoms with Gasteiger partial charge in [-0.2, -0.15) is 5.26 Å². The molecule has 22 heavy (non-hydrogen) atoms. The molecule has 0 bridgehead atoms. The van der Waals surface area contributed by atoms with Crippen LogP contribution in [0.25, 0.3) is 0 Å². The zero-order chi connectivity index (χ0) is 16.0. The molecule has 2 unspecified atom stereocenters. The van der Waals surface area contributed by atoms with Crippen LogP contribution in [0, 0.1) is 11.3 Å². The highest BCUT2D eigenvalue weighted by Gasteiger charge is 2.41. The lowest BCUT2D eigenvalue weighted by Crippen LogP contribution is -2.33. The van der Waals surface area contributed by atoms with Crippen molar-refractivity contribution in [2.45, 2.75) is 17.9 Å². The molecule has 112 valence electrons. The lowest BCUT2D eigenvalue weighted by Gasteiger charge is -2.30. The summed E-state index contributed by atoms with van der Waals surface area (Å²) < 4.78 is 4.72. The number of hydrogen-bond donors (Lipinski definition) is 1. The van der Waals surface area contributed by atoms with Gasteiger partial charge in [-0.25, -0.2) is 0 Å². The van der Waals surface area contributed by atoms with E-state index in [0.29, 0.717) is 11.1 Å². The summed E-state index contributed by atoms with van der Waals surface area (Å²) in [5.74, 6) is -1.19. The minimum atomic E-state index is -1.81. The van der Waals surface area contributed by atoms with Crippen LogP contribution in [0.3, 0.4) is 0 Å². The molecule has 0 aliphatic carbocycles. The first-order valence-electron chi connectivity index (χ1n) is 6.92. The highest BCUT2D eigenvalue weighted by molar-refractivity contribution is 5.71. The van der Waals surface area contributed by atoms with Crippen LogP contribution in [0.15, 0.2) is 60.7 Å². The molecule has 2 aromatic rings. The predicted molar refractivity (Wildman–Crippen MR) is 81.8 cm³/mol. The fourth-order valence-corrected chi connectivity index (χ4v) is 2.48. The zero-order valence-corrected chi connectivity index (χ0v) is 12.3. The van der Waals surface area contributed by atoms with Gasteiger partial charge in [-0.3, -0.25) is 4.79 Å². The standard InChI is InChI=1S/C18H17NO3/c1-22-17(20)12-16(14-8-4-2-5-9-14)18(21,13-19)15-10-6-3-7-11-15/h2-11,16,21H,12H2,1H3. The van der Waals surface area contributed by atoms with Crippen LogP contribution >= 0.6 is 0 Å². The first-order valence-corrected chi connectivity index (χ1v) is 6.92. The molecule has 0 aliphatic heterocycles. The number of ether oxygens (including phenoxy) is 1. The monoisotopic (exact) mass is 295 g/mol. The normalized spacial score (nSPS) is 14.4. The van der Waals surface area contributed by atoms with E-state index in [-0.39, 0.29) is 6.42 Å². The maximum Gasteiger partial charge on any atom is 0.306 e. The molecule has 1 N–H and O–H groups in total. The first kappa shape index (κ1) is 15.7. The van der Waals surface area contributed by atoms with E-state index in [2.05, 4.69) is 0 Å². The highest BCUT2D eigenvalue weighted by Crippen LogP contribution is 2.39. The molecular weight excluding hydrogens is 278 g/mol. The van der Waals surface area contributed by atoms with E-state index in [1.165, 1.54) is 7.11 Å². The van der Waals surface area contributed by atoms with Crippen molar-refractivity contribution in [1.82, 2.24) is 0 Å². The maximum absolute atomic E-state index is 11.7. The number of rotatable bonds is 5. The number of nitriles is 1. The third-order valence-corrected chi connectivity index (χ3v) is 3.69. The van der Waals surface area contributed by atoms with Crippen LogP contribution in [0.1, 0.15) is 23.5 Å². The van der Waals surface area contributed by atoms with Gasteiger partial charge in [0, 0.05) is 5.92 Å². The minimum Gasteiger partial charge on any atom is -0.469 e. The molecule has 0 amide bonds. The Kier molecular flexibility index (Phi) is 4.92. The quantitative estimate of drug-likeness (QED) is 0.680. The molecule has 0 saturated carbocycles. The molecule has 0 aromatic heterocycles. The molecule has 2 atom stereocenters. The molecule has 0 heterocycles. The molecule has 0 saturated heterocycles. The lowest BCUT2D eigenvalue weighted by atomic mass is 9.76. The third-order valence-electron chi connectivity index (χ3n) is 3.69. The van der Waals surface area contributed by atoms with Crippen molar-refractivity contribution in [2.24, 2.45) is 0 Å². The summed E-state index contributed by atoms with van der Waals surface area (Å²) in [5, 5.41) is 20.6. The number of aliphatic hydroxyl groups is 1. The second kappa shape index (κ2) is 6.88. The van der Waals surface area contributed by atoms with Crippen LogP contribution in [0.2, 0.25) is 0 Å². The molecule has 0 fully saturated rings. The van der Waals surface area contributed by atoms with E-state index in [9.17, 15) is 15.2 Å². The number of methoxy groups -OCH3 is 1. The van der Waals surface area contributed by atoms with Crippen molar-refractivity contribution in [3.05, 3.63) is 71.8 Å². The molecule has 4 heteroatoms. The fraction of sp³-hybridized carbons (Fsp3) is 0.222. The van der Waals surface area contributed by atoms with Gasteiger partial charge in [0.05, 0.1) is 13.5 Å². The average molecular weight is 295 g/mol. The van der Waals surface area contributed by atoms with Gasteiger partial charge >= 0.3 is 5.97 Å². The number of hydrogen-bond acceptors (Lipinski definition) is 4. The number of carbonyl (C=O) groups is 1. The van der Waals surface area contributed by atoms with Gasteiger partial charge in [-0.15, -0.1) is 0 Å². The third kappa shape index (κ3) is 3.16. The molecule has 2 aromatic carbocycles. The molecule has 0 spiro atoms. The summed E-state index contributed by atoms with van der Waals surface area (Å²) in [7, 11) is 1.29. The number of benzene rings is 2. The van der Waals surface area contributed by atoms with Crippen LogP contribution in [-0.2, 0) is 15.1 Å². The Hall–Kier alpha value is -2.64. The summed E-state index contributed by atoms with van der Waals surface area (Å²) in [6.07, 6.45) is -0.0839. The Balaban J connectivity index is 2.51.